The number of fused-ring (bicyclic) bond motifs is 5. The van der Waals surface area contributed by atoms with Crippen molar-refractivity contribution < 1.29 is 19.2 Å². The SMILES string of the molecule is CCn1c2ccc(C(C)=O)cc2c2c3c(ccc21)/C(=N/OC(C)=O)CO3. The number of aromatic nitrogens is 1. The van der Waals surface area contributed by atoms with E-state index in [4.69, 9.17) is 9.57 Å². The van der Waals surface area contributed by atoms with Gasteiger partial charge in [-0.1, -0.05) is 5.16 Å². The van der Waals surface area contributed by atoms with E-state index in [0.29, 0.717) is 17.0 Å². The number of nitrogens with zero attached hydrogens (tertiary/aromatic N) is 2. The van der Waals surface area contributed by atoms with E-state index in [1.807, 2.05) is 30.3 Å². The third-order valence-electron chi connectivity index (χ3n) is 4.65. The molecule has 0 radical (unpaired) electrons. The summed E-state index contributed by atoms with van der Waals surface area (Å²) in [6.45, 7) is 5.99. The molecule has 0 aliphatic carbocycles. The molecule has 0 fully saturated rings. The standard InChI is InChI=1S/C20H18N2O4/c1-4-22-17-7-5-13(11(2)23)9-15(17)19-18(22)8-6-14-16(10-25-20(14)19)21-26-12(3)24/h5-9H,4,10H2,1-3H3/b21-16+. The average Bonchev–Trinajstić information content (AvgIpc) is 3.17. The normalized spacial score (nSPS) is 14.7. The van der Waals surface area contributed by atoms with Gasteiger partial charge in [0.25, 0.3) is 0 Å². The van der Waals surface area contributed by atoms with Crippen molar-refractivity contribution in [3.63, 3.8) is 0 Å². The Labute approximate surface area is 150 Å². The molecule has 132 valence electrons. The summed E-state index contributed by atoms with van der Waals surface area (Å²) in [5, 5.41) is 5.83. The summed E-state index contributed by atoms with van der Waals surface area (Å²) in [6.07, 6.45) is 0. The fraction of sp³-hybridized carbons (Fsp3) is 0.250. The van der Waals surface area contributed by atoms with Crippen LogP contribution in [-0.4, -0.2) is 28.6 Å². The number of hydrogen-bond donors (Lipinski definition) is 0. The summed E-state index contributed by atoms with van der Waals surface area (Å²) in [4.78, 5) is 27.6. The molecule has 1 aliphatic heterocycles. The Bertz CT molecular complexity index is 1110. The summed E-state index contributed by atoms with van der Waals surface area (Å²) in [6, 6.07) is 9.69. The highest BCUT2D eigenvalue weighted by molar-refractivity contribution is 6.19. The molecule has 0 saturated heterocycles. The van der Waals surface area contributed by atoms with Crippen LogP contribution in [0, 0.1) is 0 Å². The van der Waals surface area contributed by atoms with Gasteiger partial charge in [0.05, 0.1) is 10.9 Å². The van der Waals surface area contributed by atoms with E-state index < -0.39 is 5.97 Å². The van der Waals surface area contributed by atoms with Crippen molar-refractivity contribution in [3.05, 3.63) is 41.5 Å². The molecule has 0 unspecified atom stereocenters. The Hall–Kier alpha value is -3.15. The molecule has 0 bridgehead atoms. The molecular weight excluding hydrogens is 332 g/mol. The zero-order chi connectivity index (χ0) is 18.4. The maximum atomic E-state index is 11.8. The van der Waals surface area contributed by atoms with Crippen LogP contribution in [0.1, 0.15) is 36.7 Å². The Kier molecular flexibility index (Phi) is 3.76. The first kappa shape index (κ1) is 16.3. The first-order valence-electron chi connectivity index (χ1n) is 8.48. The molecule has 0 spiro atoms. The highest BCUT2D eigenvalue weighted by atomic mass is 16.7. The van der Waals surface area contributed by atoms with Gasteiger partial charge in [-0.05, 0) is 44.2 Å². The van der Waals surface area contributed by atoms with E-state index in [1.54, 1.807) is 6.92 Å². The number of oxime groups is 1. The Balaban J connectivity index is 2.02. The van der Waals surface area contributed by atoms with Crippen molar-refractivity contribution >= 4 is 39.3 Å². The molecule has 1 aromatic heterocycles. The zero-order valence-electron chi connectivity index (χ0n) is 14.8. The van der Waals surface area contributed by atoms with Gasteiger partial charge in [-0.2, -0.15) is 0 Å². The fourth-order valence-corrected chi connectivity index (χ4v) is 3.51. The molecule has 6 heteroatoms. The van der Waals surface area contributed by atoms with Crippen LogP contribution in [0.15, 0.2) is 35.5 Å². The Morgan fingerprint density at radius 1 is 1.19 bits per heavy atom. The quantitative estimate of drug-likeness (QED) is 0.410. The molecule has 0 amide bonds. The number of carbonyl (C=O) groups excluding carboxylic acids is 2. The fourth-order valence-electron chi connectivity index (χ4n) is 3.51. The second kappa shape index (κ2) is 5.98. The van der Waals surface area contributed by atoms with E-state index in [-0.39, 0.29) is 12.4 Å². The zero-order valence-corrected chi connectivity index (χ0v) is 14.8. The minimum absolute atomic E-state index is 0.0231. The van der Waals surface area contributed by atoms with Gasteiger partial charge >= 0.3 is 5.97 Å². The molecule has 0 N–H and O–H groups in total. The highest BCUT2D eigenvalue weighted by Gasteiger charge is 2.26. The van der Waals surface area contributed by atoms with Crippen LogP contribution in [0.4, 0.5) is 0 Å². The van der Waals surface area contributed by atoms with Crippen LogP contribution in [0.3, 0.4) is 0 Å². The van der Waals surface area contributed by atoms with E-state index in [9.17, 15) is 9.59 Å². The van der Waals surface area contributed by atoms with Gasteiger partial charge in [0.15, 0.2) is 5.78 Å². The van der Waals surface area contributed by atoms with Gasteiger partial charge in [0.2, 0.25) is 0 Å². The van der Waals surface area contributed by atoms with Crippen molar-refractivity contribution in [3.8, 4) is 5.75 Å². The Morgan fingerprint density at radius 3 is 2.65 bits per heavy atom. The number of carbonyl (C=O) groups is 2. The molecule has 4 rings (SSSR count). The summed E-state index contributed by atoms with van der Waals surface area (Å²) >= 11 is 0. The minimum atomic E-state index is -0.472. The molecule has 26 heavy (non-hydrogen) atoms. The van der Waals surface area contributed by atoms with Gasteiger partial charge in [-0.15, -0.1) is 0 Å². The van der Waals surface area contributed by atoms with Crippen molar-refractivity contribution in [1.82, 2.24) is 4.57 Å². The Morgan fingerprint density at radius 2 is 1.96 bits per heavy atom. The van der Waals surface area contributed by atoms with Crippen molar-refractivity contribution in [1.29, 1.82) is 0 Å². The lowest BCUT2D eigenvalue weighted by Gasteiger charge is -2.04. The molecule has 6 nitrogen and oxygen atoms in total. The minimum Gasteiger partial charge on any atom is -0.486 e. The first-order chi connectivity index (χ1) is 12.5. The summed E-state index contributed by atoms with van der Waals surface area (Å²) in [5.41, 5.74) is 4.14. The molecule has 2 aromatic carbocycles. The smallest absolute Gasteiger partial charge is 0.331 e. The third kappa shape index (κ3) is 2.37. The van der Waals surface area contributed by atoms with Crippen molar-refractivity contribution in [2.75, 3.05) is 6.61 Å². The first-order valence-corrected chi connectivity index (χ1v) is 8.48. The molecular formula is C20H18N2O4. The maximum Gasteiger partial charge on any atom is 0.331 e. The number of aryl methyl sites for hydroxylation is 1. The van der Waals surface area contributed by atoms with Crippen molar-refractivity contribution in [2.45, 2.75) is 27.3 Å². The second-order valence-electron chi connectivity index (χ2n) is 6.28. The number of Topliss-reactive ketones (excluding diaryl/α,β-unsaturated/α-hetero) is 1. The van der Waals surface area contributed by atoms with Crippen LogP contribution in [0.25, 0.3) is 21.8 Å². The summed E-state index contributed by atoms with van der Waals surface area (Å²) < 4.78 is 8.10. The second-order valence-corrected chi connectivity index (χ2v) is 6.28. The van der Waals surface area contributed by atoms with Gasteiger partial charge in [-0.3, -0.25) is 4.79 Å². The van der Waals surface area contributed by atoms with Crippen LogP contribution in [0.2, 0.25) is 0 Å². The molecule has 0 atom stereocenters. The number of hydrogen-bond acceptors (Lipinski definition) is 5. The monoisotopic (exact) mass is 350 g/mol. The lowest BCUT2D eigenvalue weighted by molar-refractivity contribution is -0.140. The number of ketones is 1. The molecule has 2 heterocycles. The number of rotatable bonds is 3. The van der Waals surface area contributed by atoms with Crippen LogP contribution in [-0.2, 0) is 16.2 Å². The van der Waals surface area contributed by atoms with E-state index in [2.05, 4.69) is 16.6 Å². The van der Waals surface area contributed by atoms with Gasteiger partial charge < -0.3 is 14.1 Å². The van der Waals surface area contributed by atoms with Crippen LogP contribution < -0.4 is 4.74 Å². The lowest BCUT2D eigenvalue weighted by atomic mass is 10.0. The highest BCUT2D eigenvalue weighted by Crippen LogP contribution is 2.41. The lowest BCUT2D eigenvalue weighted by Crippen LogP contribution is -2.04. The summed E-state index contributed by atoms with van der Waals surface area (Å²) in [5.74, 6) is 0.266. The number of benzene rings is 2. The number of ether oxygens (including phenoxy) is 1. The average molecular weight is 350 g/mol. The predicted octanol–water partition coefficient (Wildman–Crippen LogP) is 3.68. The molecule has 1 aliphatic rings. The summed E-state index contributed by atoms with van der Waals surface area (Å²) in [7, 11) is 0. The van der Waals surface area contributed by atoms with Gasteiger partial charge in [-0.25, -0.2) is 4.79 Å². The topological polar surface area (TPSA) is 69.9 Å². The third-order valence-corrected chi connectivity index (χ3v) is 4.65. The van der Waals surface area contributed by atoms with E-state index >= 15 is 0 Å². The predicted molar refractivity (Wildman–Crippen MR) is 98.9 cm³/mol. The van der Waals surface area contributed by atoms with Gasteiger partial charge in [0, 0.05) is 35.5 Å². The van der Waals surface area contributed by atoms with Crippen molar-refractivity contribution in [2.24, 2.45) is 5.16 Å². The molecule has 0 saturated carbocycles. The van der Waals surface area contributed by atoms with Crippen LogP contribution in [0.5, 0.6) is 5.75 Å². The largest absolute Gasteiger partial charge is 0.486 e. The maximum absolute atomic E-state index is 11.8. The van der Waals surface area contributed by atoms with E-state index in [1.165, 1.54) is 6.92 Å². The van der Waals surface area contributed by atoms with Crippen LogP contribution >= 0.6 is 0 Å². The van der Waals surface area contributed by atoms with Gasteiger partial charge in [0.1, 0.15) is 18.1 Å². The molecule has 3 aromatic rings. The van der Waals surface area contributed by atoms with E-state index in [0.717, 1.165) is 33.9 Å².